The second-order valence-corrected chi connectivity index (χ2v) is 8.64. The molecule has 2 rings (SSSR count). The largest absolute Gasteiger partial charge is 0.310 e. The molecule has 6 heteroatoms. The molecule has 120 valence electrons. The zero-order valence-corrected chi connectivity index (χ0v) is 14.8. The van der Waals surface area contributed by atoms with Crippen LogP contribution < -0.4 is 5.32 Å². The Hall–Kier alpha value is -0.620. The van der Waals surface area contributed by atoms with E-state index >= 15 is 0 Å². The first-order valence-electron chi connectivity index (χ1n) is 8.03. The molecule has 1 saturated carbocycles. The lowest BCUT2D eigenvalue weighted by molar-refractivity contribution is 0.283. The molecule has 1 N–H and O–H groups in total. The Morgan fingerprint density at radius 1 is 1.24 bits per heavy atom. The number of aromatic nitrogens is 4. The molecule has 0 aliphatic heterocycles. The summed E-state index contributed by atoms with van der Waals surface area (Å²) in [4.78, 5) is 0. The van der Waals surface area contributed by atoms with Gasteiger partial charge < -0.3 is 5.32 Å². The average Bonchev–Trinajstić information content (AvgIpc) is 2.80. The fraction of sp³-hybridized carbons (Fsp3) is 0.933. The van der Waals surface area contributed by atoms with Crippen LogP contribution in [0.2, 0.25) is 0 Å². The second kappa shape index (κ2) is 7.09. The molecule has 0 saturated heterocycles. The van der Waals surface area contributed by atoms with Gasteiger partial charge in [0.2, 0.25) is 5.16 Å². The third kappa shape index (κ3) is 5.25. The number of nitrogens with zero attached hydrogens (tertiary/aromatic N) is 4. The Balaban J connectivity index is 1.85. The lowest BCUT2D eigenvalue weighted by Gasteiger charge is -2.31. The molecule has 1 heterocycles. The SMILES string of the molecule is CC1CCC(Sc2nnnn2CCNC(C)(C)C)CC1C. The molecule has 0 radical (unpaired) electrons. The van der Waals surface area contributed by atoms with Crippen molar-refractivity contribution in [2.45, 2.75) is 76.4 Å². The molecule has 3 unspecified atom stereocenters. The third-order valence-corrected chi connectivity index (χ3v) is 5.56. The highest BCUT2D eigenvalue weighted by atomic mass is 32.2. The second-order valence-electron chi connectivity index (χ2n) is 7.37. The summed E-state index contributed by atoms with van der Waals surface area (Å²) in [6.07, 6.45) is 3.88. The lowest BCUT2D eigenvalue weighted by Crippen LogP contribution is -2.38. The lowest BCUT2D eigenvalue weighted by atomic mass is 9.81. The van der Waals surface area contributed by atoms with E-state index in [1.807, 2.05) is 16.4 Å². The standard InChI is InChI=1S/C15H29N5S/c1-11-6-7-13(10-12(11)2)21-14-17-18-19-20(14)9-8-16-15(3,4)5/h11-13,16H,6-10H2,1-5H3. The van der Waals surface area contributed by atoms with Gasteiger partial charge in [0.25, 0.3) is 0 Å². The molecule has 1 fully saturated rings. The van der Waals surface area contributed by atoms with Gasteiger partial charge in [0.1, 0.15) is 0 Å². The molecule has 1 aromatic heterocycles. The summed E-state index contributed by atoms with van der Waals surface area (Å²) in [5.74, 6) is 1.66. The summed E-state index contributed by atoms with van der Waals surface area (Å²) in [6.45, 7) is 13.0. The monoisotopic (exact) mass is 311 g/mol. The maximum absolute atomic E-state index is 4.21. The molecule has 0 spiro atoms. The molecular weight excluding hydrogens is 282 g/mol. The fourth-order valence-electron chi connectivity index (χ4n) is 2.71. The highest BCUT2D eigenvalue weighted by Crippen LogP contribution is 2.37. The van der Waals surface area contributed by atoms with Gasteiger partial charge in [0.05, 0.1) is 6.54 Å². The van der Waals surface area contributed by atoms with E-state index < -0.39 is 0 Å². The van der Waals surface area contributed by atoms with Gasteiger partial charge in [0, 0.05) is 17.3 Å². The third-order valence-electron chi connectivity index (χ3n) is 4.30. The molecule has 3 atom stereocenters. The normalized spacial score (nSPS) is 27.0. The number of nitrogens with one attached hydrogen (secondary N) is 1. The maximum Gasteiger partial charge on any atom is 0.209 e. The van der Waals surface area contributed by atoms with E-state index in [1.54, 1.807) is 0 Å². The molecule has 0 aromatic carbocycles. The van der Waals surface area contributed by atoms with Crippen LogP contribution in [-0.4, -0.2) is 37.5 Å². The predicted molar refractivity (Wildman–Crippen MR) is 87.4 cm³/mol. The zero-order chi connectivity index (χ0) is 15.5. The maximum atomic E-state index is 4.21. The Bertz CT molecular complexity index is 440. The number of hydrogen-bond acceptors (Lipinski definition) is 5. The van der Waals surface area contributed by atoms with Gasteiger partial charge in [-0.25, -0.2) is 4.68 Å². The van der Waals surface area contributed by atoms with E-state index in [1.165, 1.54) is 19.3 Å². The van der Waals surface area contributed by atoms with Crippen molar-refractivity contribution >= 4 is 11.8 Å². The first-order valence-corrected chi connectivity index (χ1v) is 8.91. The summed E-state index contributed by atoms with van der Waals surface area (Å²) in [5, 5.41) is 17.3. The summed E-state index contributed by atoms with van der Waals surface area (Å²) >= 11 is 1.86. The van der Waals surface area contributed by atoms with Gasteiger partial charge >= 0.3 is 0 Å². The summed E-state index contributed by atoms with van der Waals surface area (Å²) in [6, 6.07) is 0. The van der Waals surface area contributed by atoms with Crippen LogP contribution >= 0.6 is 11.8 Å². The minimum atomic E-state index is 0.135. The first kappa shape index (κ1) is 16.7. The van der Waals surface area contributed by atoms with Gasteiger partial charge in [-0.15, -0.1) is 5.10 Å². The van der Waals surface area contributed by atoms with Crippen molar-refractivity contribution in [3.05, 3.63) is 0 Å². The van der Waals surface area contributed by atoms with E-state index in [0.717, 1.165) is 30.1 Å². The predicted octanol–water partition coefficient (Wildman–Crippen LogP) is 2.98. The summed E-state index contributed by atoms with van der Waals surface area (Å²) in [7, 11) is 0. The van der Waals surface area contributed by atoms with Crippen LogP contribution in [0.3, 0.4) is 0 Å². The van der Waals surface area contributed by atoms with Crippen molar-refractivity contribution in [2.24, 2.45) is 11.8 Å². The molecule has 5 nitrogen and oxygen atoms in total. The number of thioether (sulfide) groups is 1. The summed E-state index contributed by atoms with van der Waals surface area (Å²) < 4.78 is 1.94. The van der Waals surface area contributed by atoms with E-state index in [2.05, 4.69) is 55.5 Å². The smallest absolute Gasteiger partial charge is 0.209 e. The number of tetrazole rings is 1. The fourth-order valence-corrected chi connectivity index (χ4v) is 4.00. The van der Waals surface area contributed by atoms with Crippen LogP contribution in [0, 0.1) is 11.8 Å². The molecular formula is C15H29N5S. The van der Waals surface area contributed by atoms with Gasteiger partial charge in [-0.3, -0.25) is 0 Å². The van der Waals surface area contributed by atoms with Crippen LogP contribution in [-0.2, 0) is 6.54 Å². The molecule has 1 aliphatic rings. The van der Waals surface area contributed by atoms with E-state index in [-0.39, 0.29) is 5.54 Å². The highest BCUT2D eigenvalue weighted by molar-refractivity contribution is 7.99. The van der Waals surface area contributed by atoms with Crippen molar-refractivity contribution in [3.63, 3.8) is 0 Å². The minimum absolute atomic E-state index is 0.135. The topological polar surface area (TPSA) is 55.6 Å². The molecule has 1 aliphatic carbocycles. The average molecular weight is 311 g/mol. The van der Waals surface area contributed by atoms with Crippen LogP contribution in [0.5, 0.6) is 0 Å². The Kier molecular flexibility index (Phi) is 5.66. The van der Waals surface area contributed by atoms with Gasteiger partial charge in [-0.1, -0.05) is 25.6 Å². The van der Waals surface area contributed by atoms with E-state index in [9.17, 15) is 0 Å². The molecule has 1 aromatic rings. The Morgan fingerprint density at radius 2 is 2.00 bits per heavy atom. The van der Waals surface area contributed by atoms with E-state index in [4.69, 9.17) is 0 Å². The number of rotatable bonds is 5. The van der Waals surface area contributed by atoms with Gasteiger partial charge in [-0.05, 0) is 62.3 Å². The van der Waals surface area contributed by atoms with Crippen molar-refractivity contribution in [1.29, 1.82) is 0 Å². The number of hydrogen-bond donors (Lipinski definition) is 1. The first-order chi connectivity index (χ1) is 9.85. The van der Waals surface area contributed by atoms with Gasteiger partial charge in [-0.2, -0.15) is 0 Å². The zero-order valence-electron chi connectivity index (χ0n) is 14.0. The Morgan fingerprint density at radius 3 is 2.67 bits per heavy atom. The highest BCUT2D eigenvalue weighted by Gasteiger charge is 2.26. The van der Waals surface area contributed by atoms with Crippen LogP contribution in [0.15, 0.2) is 5.16 Å². The van der Waals surface area contributed by atoms with Crippen molar-refractivity contribution in [1.82, 2.24) is 25.5 Å². The van der Waals surface area contributed by atoms with Crippen LogP contribution in [0.4, 0.5) is 0 Å². The summed E-state index contributed by atoms with van der Waals surface area (Å²) in [5.41, 5.74) is 0.135. The molecule has 0 amide bonds. The molecule has 0 bridgehead atoms. The van der Waals surface area contributed by atoms with Crippen LogP contribution in [0.1, 0.15) is 53.9 Å². The van der Waals surface area contributed by atoms with Crippen molar-refractivity contribution in [3.8, 4) is 0 Å². The molecule has 21 heavy (non-hydrogen) atoms. The van der Waals surface area contributed by atoms with Crippen molar-refractivity contribution in [2.75, 3.05) is 6.54 Å². The van der Waals surface area contributed by atoms with Crippen LogP contribution in [0.25, 0.3) is 0 Å². The Labute approximate surface area is 132 Å². The van der Waals surface area contributed by atoms with Crippen molar-refractivity contribution < 1.29 is 0 Å². The quantitative estimate of drug-likeness (QED) is 0.906. The van der Waals surface area contributed by atoms with E-state index in [0.29, 0.717) is 5.25 Å². The minimum Gasteiger partial charge on any atom is -0.310 e. The van der Waals surface area contributed by atoms with Gasteiger partial charge in [0.15, 0.2) is 0 Å².